The fourth-order valence-electron chi connectivity index (χ4n) is 4.03. The second kappa shape index (κ2) is 11.4. The standard InChI is InChI=1S/C26H28ClF3N2O/c1-19(7-10-23(15-31)26(28,29)30)33-18-22-13-14-32(16-20-5-3-2-4-6-20)17-25(22)21-8-11-24(27)12-9-21/h2-12,15,22,25H,1,13-14,16-18,31H2/b10-7-,23-15+/t22-,25-/m0/s1. The Kier molecular flexibility index (Phi) is 8.64. The molecule has 2 aromatic carbocycles. The number of alkyl halides is 3. The molecule has 3 nitrogen and oxygen atoms in total. The molecule has 0 bridgehead atoms. The molecule has 0 amide bonds. The van der Waals surface area contributed by atoms with Gasteiger partial charge in [0.2, 0.25) is 0 Å². The molecule has 0 aromatic heterocycles. The second-order valence-electron chi connectivity index (χ2n) is 8.16. The molecule has 7 heteroatoms. The Morgan fingerprint density at radius 3 is 2.45 bits per heavy atom. The third-order valence-electron chi connectivity index (χ3n) is 5.83. The van der Waals surface area contributed by atoms with Crippen LogP contribution in [0.4, 0.5) is 13.2 Å². The summed E-state index contributed by atoms with van der Waals surface area (Å²) in [6, 6.07) is 18.1. The lowest BCUT2D eigenvalue weighted by Crippen LogP contribution is -2.40. The van der Waals surface area contributed by atoms with Crippen molar-refractivity contribution >= 4 is 11.6 Å². The molecule has 1 heterocycles. The largest absolute Gasteiger partial charge is 0.494 e. The Balaban J connectivity index is 1.66. The predicted molar refractivity (Wildman–Crippen MR) is 127 cm³/mol. The zero-order chi connectivity index (χ0) is 23.8. The van der Waals surface area contributed by atoms with Crippen LogP contribution in [0.15, 0.2) is 90.9 Å². The minimum absolute atomic E-state index is 0.167. The van der Waals surface area contributed by atoms with Crippen LogP contribution >= 0.6 is 11.6 Å². The average molecular weight is 477 g/mol. The van der Waals surface area contributed by atoms with E-state index in [-0.39, 0.29) is 17.6 Å². The van der Waals surface area contributed by atoms with E-state index in [2.05, 4.69) is 23.6 Å². The molecule has 0 unspecified atom stereocenters. The molecule has 2 aromatic rings. The number of allylic oxidation sites excluding steroid dienone is 3. The van der Waals surface area contributed by atoms with Gasteiger partial charge in [-0.3, -0.25) is 4.90 Å². The summed E-state index contributed by atoms with van der Waals surface area (Å²) >= 11 is 6.08. The zero-order valence-corrected chi connectivity index (χ0v) is 19.0. The molecule has 2 atom stereocenters. The van der Waals surface area contributed by atoms with Crippen LogP contribution in [0.25, 0.3) is 0 Å². The summed E-state index contributed by atoms with van der Waals surface area (Å²) in [6.45, 7) is 6.71. The number of nitrogens with two attached hydrogens (primary N) is 1. The lowest BCUT2D eigenvalue weighted by atomic mass is 9.81. The Labute approximate surface area is 198 Å². The molecule has 0 saturated carbocycles. The number of hydrogen-bond donors (Lipinski definition) is 1. The van der Waals surface area contributed by atoms with Crippen molar-refractivity contribution in [2.24, 2.45) is 11.7 Å². The van der Waals surface area contributed by atoms with Gasteiger partial charge in [-0.15, -0.1) is 0 Å². The van der Waals surface area contributed by atoms with Crippen molar-refractivity contribution < 1.29 is 17.9 Å². The maximum atomic E-state index is 12.8. The van der Waals surface area contributed by atoms with Crippen LogP contribution in [0.5, 0.6) is 0 Å². The van der Waals surface area contributed by atoms with Gasteiger partial charge in [0, 0.05) is 36.1 Å². The molecular formula is C26H28ClF3N2O. The second-order valence-corrected chi connectivity index (χ2v) is 8.59. The third kappa shape index (κ3) is 7.41. The van der Waals surface area contributed by atoms with E-state index < -0.39 is 11.7 Å². The van der Waals surface area contributed by atoms with Crippen LogP contribution in [0, 0.1) is 5.92 Å². The van der Waals surface area contributed by atoms with E-state index in [0.29, 0.717) is 17.8 Å². The monoisotopic (exact) mass is 476 g/mol. The van der Waals surface area contributed by atoms with Gasteiger partial charge in [0.25, 0.3) is 0 Å². The third-order valence-corrected chi connectivity index (χ3v) is 6.08. The Bertz CT molecular complexity index is 971. The minimum Gasteiger partial charge on any atom is -0.494 e. The fraction of sp³-hybridized carbons (Fsp3) is 0.308. The maximum Gasteiger partial charge on any atom is 0.417 e. The van der Waals surface area contributed by atoms with Gasteiger partial charge in [0.05, 0.1) is 12.2 Å². The zero-order valence-electron chi connectivity index (χ0n) is 18.3. The van der Waals surface area contributed by atoms with Gasteiger partial charge < -0.3 is 10.5 Å². The van der Waals surface area contributed by atoms with Gasteiger partial charge in [-0.1, -0.05) is 60.6 Å². The number of ether oxygens (including phenoxy) is 1. The normalized spacial score (nSPS) is 20.2. The van der Waals surface area contributed by atoms with E-state index in [9.17, 15) is 13.2 Å². The quantitative estimate of drug-likeness (QED) is 0.352. The number of rotatable bonds is 8. The van der Waals surface area contributed by atoms with Crippen LogP contribution in [-0.4, -0.2) is 30.8 Å². The SMILES string of the molecule is C=C(/C=C\C(=C/N)C(F)(F)F)OC[C@@H]1CCN(Cc2ccccc2)C[C@H]1c1ccc(Cl)cc1. The molecule has 33 heavy (non-hydrogen) atoms. The summed E-state index contributed by atoms with van der Waals surface area (Å²) in [6.07, 6.45) is -1.01. The number of hydrogen-bond acceptors (Lipinski definition) is 3. The highest BCUT2D eigenvalue weighted by Gasteiger charge is 2.32. The van der Waals surface area contributed by atoms with Gasteiger partial charge in [0.15, 0.2) is 0 Å². The van der Waals surface area contributed by atoms with Gasteiger partial charge in [-0.05, 0) is 48.4 Å². The molecule has 0 aliphatic carbocycles. The van der Waals surface area contributed by atoms with Crippen molar-refractivity contribution in [1.29, 1.82) is 0 Å². The minimum atomic E-state index is -4.52. The first kappa shape index (κ1) is 24.9. The number of likely N-dealkylation sites (tertiary alicyclic amines) is 1. The topological polar surface area (TPSA) is 38.5 Å². The van der Waals surface area contributed by atoms with Crippen molar-refractivity contribution in [2.45, 2.75) is 25.1 Å². The lowest BCUT2D eigenvalue weighted by Gasteiger charge is -2.39. The smallest absolute Gasteiger partial charge is 0.417 e. The molecule has 1 fully saturated rings. The summed E-state index contributed by atoms with van der Waals surface area (Å²) in [4.78, 5) is 2.42. The summed E-state index contributed by atoms with van der Waals surface area (Å²) in [7, 11) is 0. The number of piperidine rings is 1. The predicted octanol–water partition coefficient (Wildman–Crippen LogP) is 6.44. The first-order valence-electron chi connectivity index (χ1n) is 10.8. The Morgan fingerprint density at radius 2 is 1.82 bits per heavy atom. The van der Waals surface area contributed by atoms with E-state index in [4.69, 9.17) is 22.1 Å². The van der Waals surface area contributed by atoms with Crippen LogP contribution in [0.2, 0.25) is 5.02 Å². The van der Waals surface area contributed by atoms with Crippen LogP contribution in [0.1, 0.15) is 23.5 Å². The maximum absolute atomic E-state index is 12.8. The van der Waals surface area contributed by atoms with E-state index in [1.165, 1.54) is 11.6 Å². The van der Waals surface area contributed by atoms with Crippen molar-refractivity contribution in [1.82, 2.24) is 4.90 Å². The Morgan fingerprint density at radius 1 is 1.12 bits per heavy atom. The molecule has 3 rings (SSSR count). The molecule has 2 N–H and O–H groups in total. The Hall–Kier alpha value is -2.70. The van der Waals surface area contributed by atoms with E-state index in [1.54, 1.807) is 0 Å². The molecular weight excluding hydrogens is 449 g/mol. The van der Waals surface area contributed by atoms with Crippen LogP contribution in [-0.2, 0) is 11.3 Å². The molecule has 0 spiro atoms. The van der Waals surface area contributed by atoms with Crippen LogP contribution < -0.4 is 5.73 Å². The first-order valence-corrected chi connectivity index (χ1v) is 11.1. The summed E-state index contributed by atoms with van der Waals surface area (Å²) in [5.74, 6) is 0.557. The highest BCUT2D eigenvalue weighted by atomic mass is 35.5. The number of benzene rings is 2. The van der Waals surface area contributed by atoms with Crippen LogP contribution in [0.3, 0.4) is 0 Å². The molecule has 0 radical (unpaired) electrons. The summed E-state index contributed by atoms with van der Waals surface area (Å²) < 4.78 is 44.2. The van der Waals surface area contributed by atoms with Gasteiger partial charge in [0.1, 0.15) is 5.76 Å². The van der Waals surface area contributed by atoms with Gasteiger partial charge >= 0.3 is 6.18 Å². The lowest BCUT2D eigenvalue weighted by molar-refractivity contribution is -0.0883. The van der Waals surface area contributed by atoms with Crippen molar-refractivity contribution in [3.8, 4) is 0 Å². The van der Waals surface area contributed by atoms with E-state index in [0.717, 1.165) is 37.7 Å². The highest BCUT2D eigenvalue weighted by molar-refractivity contribution is 6.30. The molecule has 1 aliphatic heterocycles. The highest BCUT2D eigenvalue weighted by Crippen LogP contribution is 2.34. The summed E-state index contributed by atoms with van der Waals surface area (Å²) in [5.41, 5.74) is 6.56. The molecule has 1 saturated heterocycles. The van der Waals surface area contributed by atoms with Crippen molar-refractivity contribution in [3.63, 3.8) is 0 Å². The summed E-state index contributed by atoms with van der Waals surface area (Å²) in [5, 5.41) is 0.676. The average Bonchev–Trinajstić information content (AvgIpc) is 2.79. The van der Waals surface area contributed by atoms with Crippen molar-refractivity contribution in [3.05, 3.63) is 107 Å². The van der Waals surface area contributed by atoms with E-state index in [1.807, 2.05) is 42.5 Å². The number of nitrogens with zero attached hydrogens (tertiary/aromatic N) is 1. The van der Waals surface area contributed by atoms with Gasteiger partial charge in [-0.25, -0.2) is 0 Å². The fourth-order valence-corrected chi connectivity index (χ4v) is 4.16. The van der Waals surface area contributed by atoms with Crippen molar-refractivity contribution in [2.75, 3.05) is 19.7 Å². The van der Waals surface area contributed by atoms with Gasteiger partial charge in [-0.2, -0.15) is 13.2 Å². The molecule has 176 valence electrons. The van der Waals surface area contributed by atoms with E-state index >= 15 is 0 Å². The first-order chi connectivity index (χ1) is 15.8. The number of halogens is 4. The molecule has 1 aliphatic rings.